The molecule has 1 aromatic rings. The number of amides is 1. The number of hydrogen-bond acceptors (Lipinski definition) is 2. The lowest BCUT2D eigenvalue weighted by Gasteiger charge is -2.25. The molecule has 1 aliphatic rings. The molecular weight excluding hydrogens is 288 g/mol. The van der Waals surface area contributed by atoms with Crippen LogP contribution in [0.1, 0.15) is 19.3 Å². The van der Waals surface area contributed by atoms with Gasteiger partial charge in [-0.25, -0.2) is 0 Å². The minimum Gasteiger partial charge on any atom is -1.00 e. The number of quaternary nitrogens is 1. The number of carbonyl (C=O) groups excluding carboxylic acids is 1. The Balaban J connectivity index is 0.00000220. The van der Waals surface area contributed by atoms with Crippen molar-refractivity contribution in [1.29, 1.82) is 0 Å². The zero-order chi connectivity index (χ0) is 14.2. The second-order valence-corrected chi connectivity index (χ2v) is 5.46. The van der Waals surface area contributed by atoms with Crippen molar-refractivity contribution >= 4 is 5.91 Å². The lowest BCUT2D eigenvalue weighted by Crippen LogP contribution is -3.13. The summed E-state index contributed by atoms with van der Waals surface area (Å²) >= 11 is 0. The molecule has 1 saturated heterocycles. The van der Waals surface area contributed by atoms with Crippen molar-refractivity contribution in [3.63, 3.8) is 0 Å². The Hall–Kier alpha value is -1.26. The lowest BCUT2D eigenvalue weighted by molar-refractivity contribution is -0.897. The molecule has 21 heavy (non-hydrogen) atoms. The fourth-order valence-electron chi connectivity index (χ4n) is 2.52. The van der Waals surface area contributed by atoms with Crippen LogP contribution in [-0.4, -0.2) is 50.6 Å². The molecule has 1 aromatic carbocycles. The van der Waals surface area contributed by atoms with E-state index in [1.165, 1.54) is 24.2 Å². The van der Waals surface area contributed by atoms with E-state index in [0.717, 1.165) is 18.8 Å². The van der Waals surface area contributed by atoms with Gasteiger partial charge in [0.25, 0.3) is 5.91 Å². The summed E-state index contributed by atoms with van der Waals surface area (Å²) in [4.78, 5) is 15.3. The zero-order valence-electron chi connectivity index (χ0n) is 12.7. The van der Waals surface area contributed by atoms with E-state index in [-0.39, 0.29) is 18.3 Å². The van der Waals surface area contributed by atoms with Gasteiger partial charge in [-0.3, -0.25) is 4.79 Å². The van der Waals surface area contributed by atoms with Gasteiger partial charge in [0.15, 0.2) is 6.54 Å². The van der Waals surface area contributed by atoms with Crippen LogP contribution in [0.25, 0.3) is 0 Å². The molecule has 1 fully saturated rings. The Morgan fingerprint density at radius 2 is 1.86 bits per heavy atom. The maximum absolute atomic E-state index is 12.1. The van der Waals surface area contributed by atoms with E-state index < -0.39 is 0 Å². The number of hydrogen-bond donors (Lipinski definition) is 1. The van der Waals surface area contributed by atoms with E-state index in [9.17, 15) is 4.79 Å². The predicted octanol–water partition coefficient (Wildman–Crippen LogP) is -2.40. The highest BCUT2D eigenvalue weighted by molar-refractivity contribution is 5.76. The van der Waals surface area contributed by atoms with E-state index in [4.69, 9.17) is 4.74 Å². The lowest BCUT2D eigenvalue weighted by atomic mass is 10.1. The normalized spacial score (nSPS) is 15.1. The number of nitrogens with zero attached hydrogens (tertiary/aromatic N) is 1. The van der Waals surface area contributed by atoms with Crippen molar-refractivity contribution in [2.75, 3.05) is 39.8 Å². The van der Waals surface area contributed by atoms with Crippen molar-refractivity contribution in [2.45, 2.75) is 19.3 Å². The number of ether oxygens (including phenoxy) is 1. The largest absolute Gasteiger partial charge is 1.00 e. The molecule has 1 heterocycles. The number of piperidine rings is 1. The first-order valence-electron chi connectivity index (χ1n) is 7.51. The van der Waals surface area contributed by atoms with Crippen molar-refractivity contribution in [3.05, 3.63) is 30.3 Å². The Bertz CT molecular complexity index is 408. The third-order valence-corrected chi connectivity index (χ3v) is 3.83. The van der Waals surface area contributed by atoms with Crippen LogP contribution in [0.2, 0.25) is 0 Å². The van der Waals surface area contributed by atoms with Crippen LogP contribution in [0.3, 0.4) is 0 Å². The number of carbonyl (C=O) groups is 1. The highest BCUT2D eigenvalue weighted by atomic mass is 35.5. The predicted molar refractivity (Wildman–Crippen MR) is 79.0 cm³/mol. The average molecular weight is 313 g/mol. The first kappa shape index (κ1) is 17.8. The van der Waals surface area contributed by atoms with Crippen LogP contribution in [0.15, 0.2) is 30.3 Å². The van der Waals surface area contributed by atoms with Crippen molar-refractivity contribution in [3.8, 4) is 5.75 Å². The summed E-state index contributed by atoms with van der Waals surface area (Å²) in [6.07, 6.45) is 3.82. The quantitative estimate of drug-likeness (QED) is 0.635. The molecule has 0 unspecified atom stereocenters. The smallest absolute Gasteiger partial charge is 0.277 e. The molecule has 0 aliphatic carbocycles. The Morgan fingerprint density at radius 3 is 2.52 bits per heavy atom. The van der Waals surface area contributed by atoms with Crippen molar-refractivity contribution < 1.29 is 26.8 Å². The van der Waals surface area contributed by atoms with Gasteiger partial charge >= 0.3 is 0 Å². The molecule has 118 valence electrons. The molecule has 0 aromatic heterocycles. The van der Waals surface area contributed by atoms with Crippen LogP contribution in [0, 0.1) is 0 Å². The molecule has 1 N–H and O–H groups in total. The highest BCUT2D eigenvalue weighted by Crippen LogP contribution is 2.07. The van der Waals surface area contributed by atoms with Gasteiger partial charge in [-0.15, -0.1) is 0 Å². The summed E-state index contributed by atoms with van der Waals surface area (Å²) in [7, 11) is 1.86. The number of likely N-dealkylation sites (N-methyl/N-ethyl adjacent to an activating group) is 1. The number of rotatable bonds is 6. The second-order valence-electron chi connectivity index (χ2n) is 5.46. The van der Waals surface area contributed by atoms with Gasteiger partial charge in [0.05, 0.1) is 19.6 Å². The molecule has 2 rings (SSSR count). The number of para-hydroxylation sites is 1. The monoisotopic (exact) mass is 312 g/mol. The molecule has 0 atom stereocenters. The zero-order valence-corrected chi connectivity index (χ0v) is 13.4. The van der Waals surface area contributed by atoms with Crippen molar-refractivity contribution in [2.24, 2.45) is 0 Å². The fraction of sp³-hybridized carbons (Fsp3) is 0.562. The molecule has 1 aliphatic heterocycles. The third-order valence-electron chi connectivity index (χ3n) is 3.83. The van der Waals surface area contributed by atoms with Gasteiger partial charge in [-0.05, 0) is 31.4 Å². The maximum Gasteiger partial charge on any atom is 0.277 e. The fourth-order valence-corrected chi connectivity index (χ4v) is 2.52. The number of likely N-dealkylation sites (tertiary alicyclic amines) is 1. The van der Waals surface area contributed by atoms with E-state index in [0.29, 0.717) is 19.7 Å². The third kappa shape index (κ3) is 6.36. The Kier molecular flexibility index (Phi) is 8.16. The molecule has 1 amide bonds. The van der Waals surface area contributed by atoms with Gasteiger partial charge < -0.3 is 26.9 Å². The van der Waals surface area contributed by atoms with E-state index in [2.05, 4.69) is 0 Å². The first-order valence-corrected chi connectivity index (χ1v) is 7.51. The van der Waals surface area contributed by atoms with Crippen molar-refractivity contribution in [1.82, 2.24) is 4.90 Å². The second kappa shape index (κ2) is 9.64. The minimum atomic E-state index is 0. The van der Waals surface area contributed by atoms with Crippen LogP contribution in [0.5, 0.6) is 5.75 Å². The van der Waals surface area contributed by atoms with Crippen LogP contribution in [0.4, 0.5) is 0 Å². The summed E-state index contributed by atoms with van der Waals surface area (Å²) in [5.74, 6) is 1.08. The number of halogens is 1. The van der Waals surface area contributed by atoms with E-state index in [1.54, 1.807) is 4.90 Å². The SMILES string of the molecule is CN(CCOc1ccccc1)C(=O)C[NH+]1CCCCC1.[Cl-]. The highest BCUT2D eigenvalue weighted by Gasteiger charge is 2.19. The summed E-state index contributed by atoms with van der Waals surface area (Å²) < 4.78 is 5.62. The first-order chi connectivity index (χ1) is 9.75. The molecule has 0 radical (unpaired) electrons. The molecular formula is C16H25ClN2O2. The standard InChI is InChI=1S/C16H24N2O2.ClH/c1-17(12-13-20-15-8-4-2-5-9-15)16(19)14-18-10-6-3-7-11-18;/h2,4-5,8-9H,3,6-7,10-14H2,1H3;1H. The molecule has 4 nitrogen and oxygen atoms in total. The Labute approximate surface area is 133 Å². The van der Waals surface area contributed by atoms with E-state index in [1.807, 2.05) is 37.4 Å². The van der Waals surface area contributed by atoms with Crippen LogP contribution in [-0.2, 0) is 4.79 Å². The molecule has 0 bridgehead atoms. The maximum atomic E-state index is 12.1. The Morgan fingerprint density at radius 1 is 1.19 bits per heavy atom. The number of nitrogens with one attached hydrogen (secondary N) is 1. The van der Waals surface area contributed by atoms with Gasteiger partial charge in [0.1, 0.15) is 12.4 Å². The summed E-state index contributed by atoms with van der Waals surface area (Å²) in [6.45, 7) is 4.09. The van der Waals surface area contributed by atoms with Gasteiger partial charge in [0.2, 0.25) is 0 Å². The topological polar surface area (TPSA) is 34.0 Å². The van der Waals surface area contributed by atoms with Gasteiger partial charge in [0, 0.05) is 7.05 Å². The molecule has 0 spiro atoms. The summed E-state index contributed by atoms with van der Waals surface area (Å²) in [6, 6.07) is 9.72. The summed E-state index contributed by atoms with van der Waals surface area (Å²) in [5.41, 5.74) is 0. The molecule has 5 heteroatoms. The molecule has 0 saturated carbocycles. The van der Waals surface area contributed by atoms with E-state index >= 15 is 0 Å². The summed E-state index contributed by atoms with van der Waals surface area (Å²) in [5, 5.41) is 0. The minimum absolute atomic E-state index is 0. The van der Waals surface area contributed by atoms with Crippen LogP contribution >= 0.6 is 0 Å². The average Bonchev–Trinajstić information content (AvgIpc) is 2.49. The van der Waals surface area contributed by atoms with Crippen LogP contribution < -0.4 is 22.0 Å². The van der Waals surface area contributed by atoms with Gasteiger partial charge in [-0.1, -0.05) is 18.2 Å². The number of benzene rings is 1. The van der Waals surface area contributed by atoms with Gasteiger partial charge in [-0.2, -0.15) is 0 Å².